The lowest BCUT2D eigenvalue weighted by atomic mass is 9.89. The molecule has 4 rings (SSSR count). The molecule has 1 saturated carbocycles. The molecule has 37 heavy (non-hydrogen) atoms. The summed E-state index contributed by atoms with van der Waals surface area (Å²) >= 11 is 6.04. The quantitative estimate of drug-likeness (QED) is 0.474. The fourth-order valence-corrected chi connectivity index (χ4v) is 5.78. The number of nitrogens with zero attached hydrogens (tertiary/aromatic N) is 1. The molecule has 2 N–H and O–H groups in total. The summed E-state index contributed by atoms with van der Waals surface area (Å²) in [5.74, 6) is 2.11. The molecule has 0 bridgehead atoms. The number of rotatable bonds is 9. The van der Waals surface area contributed by atoms with Crippen LogP contribution in [0.15, 0.2) is 36.4 Å². The van der Waals surface area contributed by atoms with Crippen molar-refractivity contribution in [2.45, 2.75) is 50.3 Å². The molecule has 2 aromatic carbocycles. The summed E-state index contributed by atoms with van der Waals surface area (Å²) in [6.07, 6.45) is 5.18. The van der Waals surface area contributed by atoms with Gasteiger partial charge in [0.1, 0.15) is 0 Å². The first kappa shape index (κ1) is 27.4. The molecule has 0 spiro atoms. The zero-order chi connectivity index (χ0) is 26.4. The van der Waals surface area contributed by atoms with Gasteiger partial charge in [0, 0.05) is 36.3 Å². The van der Waals surface area contributed by atoms with Gasteiger partial charge >= 0.3 is 6.03 Å². The van der Waals surface area contributed by atoms with Gasteiger partial charge in [0.2, 0.25) is 5.75 Å². The molecule has 2 aromatic rings. The molecule has 1 saturated heterocycles. The van der Waals surface area contributed by atoms with Gasteiger partial charge in [0.25, 0.3) is 0 Å². The normalized spacial score (nSPS) is 22.5. The van der Waals surface area contributed by atoms with Gasteiger partial charge in [0.05, 0.1) is 33.1 Å². The van der Waals surface area contributed by atoms with Crippen LogP contribution in [-0.4, -0.2) is 70.6 Å². The van der Waals surface area contributed by atoms with E-state index in [2.05, 4.69) is 27.7 Å². The van der Waals surface area contributed by atoms with Crippen molar-refractivity contribution in [3.05, 3.63) is 47.0 Å². The molecular formula is C28H38ClN3O5. The van der Waals surface area contributed by atoms with Crippen LogP contribution in [-0.2, 0) is 11.2 Å². The third kappa shape index (κ3) is 6.80. The molecule has 3 atom stereocenters. The number of carbonyl (C=O) groups is 1. The van der Waals surface area contributed by atoms with Gasteiger partial charge in [-0.2, -0.15) is 0 Å². The van der Waals surface area contributed by atoms with Crippen molar-refractivity contribution in [1.29, 1.82) is 0 Å². The van der Waals surface area contributed by atoms with Gasteiger partial charge < -0.3 is 29.6 Å². The van der Waals surface area contributed by atoms with Crippen molar-refractivity contribution in [3.8, 4) is 17.2 Å². The van der Waals surface area contributed by atoms with Crippen LogP contribution in [0.5, 0.6) is 17.2 Å². The SMILES string of the molecule is COc1cc(NC(=O)N[C@@H]2C[C@H](OC)C[C@H]2N2CCC(Cc3ccc(Cl)cc3)CC2)cc(OC)c1OC. The van der Waals surface area contributed by atoms with E-state index in [-0.39, 0.29) is 24.2 Å². The highest BCUT2D eigenvalue weighted by Crippen LogP contribution is 2.40. The maximum Gasteiger partial charge on any atom is 0.319 e. The molecule has 202 valence electrons. The Kier molecular flexibility index (Phi) is 9.40. The lowest BCUT2D eigenvalue weighted by molar-refractivity contribution is 0.0859. The van der Waals surface area contributed by atoms with Crippen molar-refractivity contribution in [2.75, 3.05) is 46.8 Å². The second-order valence-corrected chi connectivity index (χ2v) is 10.3. The second-order valence-electron chi connectivity index (χ2n) is 9.83. The summed E-state index contributed by atoms with van der Waals surface area (Å²) in [6, 6.07) is 11.6. The maximum absolute atomic E-state index is 13.0. The number of methoxy groups -OCH3 is 4. The number of urea groups is 1. The van der Waals surface area contributed by atoms with Crippen molar-refractivity contribution < 1.29 is 23.7 Å². The maximum atomic E-state index is 13.0. The molecule has 1 heterocycles. The van der Waals surface area contributed by atoms with E-state index in [0.29, 0.717) is 28.9 Å². The number of carbonyl (C=O) groups excluding carboxylic acids is 1. The number of nitrogens with one attached hydrogen (secondary N) is 2. The molecule has 1 aliphatic carbocycles. The monoisotopic (exact) mass is 531 g/mol. The van der Waals surface area contributed by atoms with E-state index in [1.807, 2.05) is 12.1 Å². The Labute approximate surface area is 224 Å². The third-order valence-corrected chi connectivity index (χ3v) is 7.87. The lowest BCUT2D eigenvalue weighted by Crippen LogP contribution is -2.52. The summed E-state index contributed by atoms with van der Waals surface area (Å²) in [5, 5.41) is 6.91. The highest BCUT2D eigenvalue weighted by molar-refractivity contribution is 6.30. The van der Waals surface area contributed by atoms with E-state index in [9.17, 15) is 4.79 Å². The first-order valence-corrected chi connectivity index (χ1v) is 13.2. The first-order chi connectivity index (χ1) is 17.9. The van der Waals surface area contributed by atoms with Crippen molar-refractivity contribution in [3.63, 3.8) is 0 Å². The molecule has 0 radical (unpaired) electrons. The average molecular weight is 532 g/mol. The smallest absolute Gasteiger partial charge is 0.319 e. The highest BCUT2D eigenvalue weighted by Gasteiger charge is 2.40. The van der Waals surface area contributed by atoms with Crippen LogP contribution in [0.25, 0.3) is 0 Å². The molecule has 1 aliphatic heterocycles. The molecule has 2 amide bonds. The lowest BCUT2D eigenvalue weighted by Gasteiger charge is -2.38. The number of likely N-dealkylation sites (tertiary alicyclic amines) is 1. The van der Waals surface area contributed by atoms with Crippen LogP contribution in [0.3, 0.4) is 0 Å². The van der Waals surface area contributed by atoms with Crippen molar-refractivity contribution in [2.24, 2.45) is 5.92 Å². The molecule has 2 fully saturated rings. The second kappa shape index (κ2) is 12.7. The summed E-state index contributed by atoms with van der Waals surface area (Å²) in [6.45, 7) is 2.04. The van der Waals surface area contributed by atoms with E-state index in [1.54, 1.807) is 40.6 Å². The highest BCUT2D eigenvalue weighted by atomic mass is 35.5. The van der Waals surface area contributed by atoms with Gasteiger partial charge in [-0.15, -0.1) is 0 Å². The summed E-state index contributed by atoms with van der Waals surface area (Å²) in [4.78, 5) is 15.6. The van der Waals surface area contributed by atoms with Crippen LogP contribution >= 0.6 is 11.6 Å². The minimum Gasteiger partial charge on any atom is -0.493 e. The predicted molar refractivity (Wildman–Crippen MR) is 145 cm³/mol. The molecular weight excluding hydrogens is 494 g/mol. The Hall–Kier alpha value is -2.68. The minimum absolute atomic E-state index is 0.000181. The van der Waals surface area contributed by atoms with E-state index in [4.69, 9.17) is 30.5 Å². The topological polar surface area (TPSA) is 81.3 Å². The summed E-state index contributed by atoms with van der Waals surface area (Å²) < 4.78 is 21.9. The fourth-order valence-electron chi connectivity index (χ4n) is 5.65. The number of halogens is 1. The summed E-state index contributed by atoms with van der Waals surface area (Å²) in [7, 11) is 6.40. The van der Waals surface area contributed by atoms with Gasteiger partial charge in [-0.1, -0.05) is 23.7 Å². The molecule has 2 aliphatic rings. The molecule has 0 aromatic heterocycles. The van der Waals surface area contributed by atoms with Crippen molar-refractivity contribution in [1.82, 2.24) is 10.2 Å². The number of ether oxygens (including phenoxy) is 4. The van der Waals surface area contributed by atoms with Crippen LogP contribution in [0.4, 0.5) is 10.5 Å². The average Bonchev–Trinajstić information content (AvgIpc) is 3.32. The van der Waals surface area contributed by atoms with E-state index in [0.717, 1.165) is 50.2 Å². The summed E-state index contributed by atoms with van der Waals surface area (Å²) in [5.41, 5.74) is 1.90. The van der Waals surface area contributed by atoms with Crippen LogP contribution in [0, 0.1) is 5.92 Å². The zero-order valence-electron chi connectivity index (χ0n) is 22.1. The molecule has 9 heteroatoms. The van der Waals surface area contributed by atoms with Crippen LogP contribution in [0.1, 0.15) is 31.2 Å². The van der Waals surface area contributed by atoms with Gasteiger partial charge in [-0.05, 0) is 68.8 Å². The number of amides is 2. The largest absolute Gasteiger partial charge is 0.493 e. The zero-order valence-corrected chi connectivity index (χ0v) is 22.8. The Bertz CT molecular complexity index is 1020. The van der Waals surface area contributed by atoms with E-state index in [1.165, 1.54) is 5.56 Å². The number of anilines is 1. The van der Waals surface area contributed by atoms with E-state index >= 15 is 0 Å². The standard InChI is InChI=1S/C28H38ClN3O5/c1-34-22-16-23(31-28(33)30-21-14-25(35-2)27(37-4)26(15-21)36-3)24(17-22)32-11-9-19(10-12-32)13-18-5-7-20(29)8-6-18/h5-8,14-15,19,22-24H,9-13,16-17H2,1-4H3,(H2,30,31,33)/t22-,23+,24+/m0/s1. The fraction of sp³-hybridized carbons (Fsp3) is 0.536. The Morgan fingerprint density at radius 2 is 1.62 bits per heavy atom. The minimum atomic E-state index is -0.265. The Morgan fingerprint density at radius 3 is 2.19 bits per heavy atom. The number of benzene rings is 2. The van der Waals surface area contributed by atoms with Gasteiger partial charge in [-0.25, -0.2) is 4.79 Å². The van der Waals surface area contributed by atoms with Crippen LogP contribution < -0.4 is 24.8 Å². The Balaban J connectivity index is 1.36. The number of piperidine rings is 1. The van der Waals surface area contributed by atoms with Crippen molar-refractivity contribution >= 4 is 23.3 Å². The van der Waals surface area contributed by atoms with Gasteiger partial charge in [0.15, 0.2) is 11.5 Å². The Morgan fingerprint density at radius 1 is 0.973 bits per heavy atom. The molecule has 0 unspecified atom stereocenters. The first-order valence-electron chi connectivity index (χ1n) is 12.8. The number of hydrogen-bond acceptors (Lipinski definition) is 6. The van der Waals surface area contributed by atoms with E-state index < -0.39 is 0 Å². The molecule has 8 nitrogen and oxygen atoms in total. The van der Waals surface area contributed by atoms with Crippen LogP contribution in [0.2, 0.25) is 5.02 Å². The number of hydrogen-bond donors (Lipinski definition) is 2. The van der Waals surface area contributed by atoms with Gasteiger partial charge in [-0.3, -0.25) is 4.90 Å². The third-order valence-electron chi connectivity index (χ3n) is 7.61. The predicted octanol–water partition coefficient (Wildman–Crippen LogP) is 4.99.